The highest BCUT2D eigenvalue weighted by atomic mass is 35.5. The summed E-state index contributed by atoms with van der Waals surface area (Å²) < 4.78 is 4.94. The fourth-order valence-electron chi connectivity index (χ4n) is 1.45. The van der Waals surface area contributed by atoms with E-state index in [0.29, 0.717) is 16.6 Å². The number of rotatable bonds is 3. The van der Waals surface area contributed by atoms with Crippen molar-refractivity contribution in [3.05, 3.63) is 52.7 Å². The first kappa shape index (κ1) is 11.8. The molecule has 0 saturated heterocycles. The molecule has 2 N–H and O–H groups in total. The molecule has 1 atom stereocenters. The van der Waals surface area contributed by atoms with Crippen LogP contribution in [-0.4, -0.2) is 17.3 Å². The standard InChI is InChI=1S/C12H12ClN3O/c1-17-11-7-6-10(15-16-11)12(14)8-2-4-9(13)5-3-8/h2-7,12H,14H2,1H3. The average Bonchev–Trinajstić information content (AvgIpc) is 2.39. The van der Waals surface area contributed by atoms with Crippen LogP contribution in [0.4, 0.5) is 0 Å². The van der Waals surface area contributed by atoms with E-state index in [1.54, 1.807) is 31.4 Å². The summed E-state index contributed by atoms with van der Waals surface area (Å²) in [6, 6.07) is 10.6. The van der Waals surface area contributed by atoms with Gasteiger partial charge >= 0.3 is 0 Å². The topological polar surface area (TPSA) is 61.0 Å². The van der Waals surface area contributed by atoms with Gasteiger partial charge in [-0.15, -0.1) is 10.2 Å². The van der Waals surface area contributed by atoms with Gasteiger partial charge < -0.3 is 10.5 Å². The van der Waals surface area contributed by atoms with Crippen LogP contribution in [0.1, 0.15) is 17.3 Å². The van der Waals surface area contributed by atoms with Crippen molar-refractivity contribution in [3.63, 3.8) is 0 Å². The second-order valence-electron chi connectivity index (χ2n) is 3.53. The Morgan fingerprint density at radius 3 is 2.35 bits per heavy atom. The SMILES string of the molecule is COc1ccc(C(N)c2ccc(Cl)cc2)nn1. The zero-order chi connectivity index (χ0) is 12.3. The van der Waals surface area contributed by atoms with Gasteiger partial charge in [0.15, 0.2) is 0 Å². The number of aromatic nitrogens is 2. The zero-order valence-corrected chi connectivity index (χ0v) is 10.1. The van der Waals surface area contributed by atoms with Crippen molar-refractivity contribution >= 4 is 11.6 Å². The molecular weight excluding hydrogens is 238 g/mol. The quantitative estimate of drug-likeness (QED) is 0.906. The Morgan fingerprint density at radius 2 is 1.82 bits per heavy atom. The monoisotopic (exact) mass is 249 g/mol. The van der Waals surface area contributed by atoms with Gasteiger partial charge in [0, 0.05) is 11.1 Å². The van der Waals surface area contributed by atoms with Crippen molar-refractivity contribution < 1.29 is 4.74 Å². The molecule has 0 fully saturated rings. The maximum absolute atomic E-state index is 6.07. The molecule has 2 rings (SSSR count). The van der Waals surface area contributed by atoms with Gasteiger partial charge in [-0.2, -0.15) is 0 Å². The smallest absolute Gasteiger partial charge is 0.233 e. The normalized spacial score (nSPS) is 12.2. The van der Waals surface area contributed by atoms with Crippen LogP contribution < -0.4 is 10.5 Å². The van der Waals surface area contributed by atoms with Gasteiger partial charge in [-0.3, -0.25) is 0 Å². The van der Waals surface area contributed by atoms with Gasteiger partial charge in [-0.25, -0.2) is 0 Å². The summed E-state index contributed by atoms with van der Waals surface area (Å²) in [5.74, 6) is 0.469. The molecule has 0 aliphatic heterocycles. The molecule has 1 heterocycles. The van der Waals surface area contributed by atoms with Crippen LogP contribution in [0, 0.1) is 0 Å². The molecule has 0 radical (unpaired) electrons. The number of ether oxygens (including phenoxy) is 1. The largest absolute Gasteiger partial charge is 0.480 e. The number of hydrogen-bond donors (Lipinski definition) is 1. The molecular formula is C12H12ClN3O. The Morgan fingerprint density at radius 1 is 1.12 bits per heavy atom. The van der Waals surface area contributed by atoms with E-state index >= 15 is 0 Å². The third kappa shape index (κ3) is 2.72. The Kier molecular flexibility index (Phi) is 3.56. The first-order valence-electron chi connectivity index (χ1n) is 5.09. The van der Waals surface area contributed by atoms with Gasteiger partial charge in [-0.05, 0) is 23.8 Å². The molecule has 4 nitrogen and oxygen atoms in total. The van der Waals surface area contributed by atoms with Crippen molar-refractivity contribution in [3.8, 4) is 5.88 Å². The predicted octanol–water partition coefficient (Wildman–Crippen LogP) is 2.19. The number of halogens is 1. The summed E-state index contributed by atoms with van der Waals surface area (Å²) in [6.45, 7) is 0. The lowest BCUT2D eigenvalue weighted by atomic mass is 10.0. The van der Waals surface area contributed by atoms with Crippen LogP contribution in [0.15, 0.2) is 36.4 Å². The molecule has 0 aliphatic rings. The minimum absolute atomic E-state index is 0.314. The molecule has 0 amide bonds. The zero-order valence-electron chi connectivity index (χ0n) is 9.30. The van der Waals surface area contributed by atoms with Crippen molar-refractivity contribution in [1.29, 1.82) is 0 Å². The average molecular weight is 250 g/mol. The molecule has 2 aromatic rings. The number of nitrogens with zero attached hydrogens (tertiary/aromatic N) is 2. The third-order valence-electron chi connectivity index (χ3n) is 2.42. The Bertz CT molecular complexity index is 484. The Balaban J connectivity index is 2.23. The van der Waals surface area contributed by atoms with E-state index in [0.717, 1.165) is 5.56 Å². The molecule has 1 unspecified atom stereocenters. The van der Waals surface area contributed by atoms with Gasteiger partial charge in [0.1, 0.15) is 0 Å². The maximum Gasteiger partial charge on any atom is 0.233 e. The maximum atomic E-state index is 6.07. The first-order chi connectivity index (χ1) is 8.20. The third-order valence-corrected chi connectivity index (χ3v) is 2.67. The van der Waals surface area contributed by atoms with E-state index < -0.39 is 0 Å². The van der Waals surface area contributed by atoms with E-state index in [4.69, 9.17) is 22.1 Å². The lowest BCUT2D eigenvalue weighted by Gasteiger charge is -2.11. The van der Waals surface area contributed by atoms with Crippen LogP contribution in [0.2, 0.25) is 5.02 Å². The van der Waals surface area contributed by atoms with Crippen LogP contribution in [-0.2, 0) is 0 Å². The summed E-state index contributed by atoms with van der Waals surface area (Å²) in [7, 11) is 1.54. The van der Waals surface area contributed by atoms with E-state index in [1.807, 2.05) is 12.1 Å². The highest BCUT2D eigenvalue weighted by Gasteiger charge is 2.10. The number of nitrogens with two attached hydrogens (primary N) is 1. The van der Waals surface area contributed by atoms with Crippen LogP contribution in [0.3, 0.4) is 0 Å². The lowest BCUT2D eigenvalue weighted by molar-refractivity contribution is 0.390. The first-order valence-corrected chi connectivity index (χ1v) is 5.47. The minimum atomic E-state index is -0.314. The van der Waals surface area contributed by atoms with Crippen molar-refractivity contribution in [2.75, 3.05) is 7.11 Å². The molecule has 1 aromatic carbocycles. The lowest BCUT2D eigenvalue weighted by Crippen LogP contribution is -2.14. The van der Waals surface area contributed by atoms with Crippen LogP contribution in [0.5, 0.6) is 5.88 Å². The van der Waals surface area contributed by atoms with E-state index in [1.165, 1.54) is 0 Å². The number of hydrogen-bond acceptors (Lipinski definition) is 4. The van der Waals surface area contributed by atoms with Gasteiger partial charge in [-0.1, -0.05) is 23.7 Å². The summed E-state index contributed by atoms with van der Waals surface area (Å²) in [4.78, 5) is 0. The summed E-state index contributed by atoms with van der Waals surface area (Å²) in [6.07, 6.45) is 0. The van der Waals surface area contributed by atoms with Crippen LogP contribution in [0.25, 0.3) is 0 Å². The predicted molar refractivity (Wildman–Crippen MR) is 66.1 cm³/mol. The van der Waals surface area contributed by atoms with Crippen molar-refractivity contribution in [2.24, 2.45) is 5.73 Å². The molecule has 1 aromatic heterocycles. The van der Waals surface area contributed by atoms with Crippen molar-refractivity contribution in [1.82, 2.24) is 10.2 Å². The number of methoxy groups -OCH3 is 1. The Labute approximate surface area is 104 Å². The van der Waals surface area contributed by atoms with Gasteiger partial charge in [0.05, 0.1) is 18.8 Å². The molecule has 88 valence electrons. The van der Waals surface area contributed by atoms with Gasteiger partial charge in [0.25, 0.3) is 0 Å². The summed E-state index contributed by atoms with van der Waals surface area (Å²) in [5.41, 5.74) is 7.70. The molecule has 0 saturated carbocycles. The fraction of sp³-hybridized carbons (Fsp3) is 0.167. The number of benzene rings is 1. The summed E-state index contributed by atoms with van der Waals surface area (Å²) in [5, 5.41) is 8.58. The second-order valence-corrected chi connectivity index (χ2v) is 3.97. The second kappa shape index (κ2) is 5.12. The van der Waals surface area contributed by atoms with Gasteiger partial charge in [0.2, 0.25) is 5.88 Å². The Hall–Kier alpha value is -1.65. The van der Waals surface area contributed by atoms with E-state index in [9.17, 15) is 0 Å². The van der Waals surface area contributed by atoms with Crippen molar-refractivity contribution in [2.45, 2.75) is 6.04 Å². The van der Waals surface area contributed by atoms with E-state index in [-0.39, 0.29) is 6.04 Å². The highest BCUT2D eigenvalue weighted by molar-refractivity contribution is 6.30. The highest BCUT2D eigenvalue weighted by Crippen LogP contribution is 2.20. The van der Waals surface area contributed by atoms with E-state index in [2.05, 4.69) is 10.2 Å². The molecule has 5 heteroatoms. The molecule has 17 heavy (non-hydrogen) atoms. The van der Waals surface area contributed by atoms with Crippen LogP contribution >= 0.6 is 11.6 Å². The fourth-order valence-corrected chi connectivity index (χ4v) is 1.57. The molecule has 0 aliphatic carbocycles. The molecule has 0 spiro atoms. The minimum Gasteiger partial charge on any atom is -0.480 e. The molecule has 0 bridgehead atoms. The summed E-state index contributed by atoms with van der Waals surface area (Å²) >= 11 is 5.82.